The fourth-order valence-corrected chi connectivity index (χ4v) is 5.21. The summed E-state index contributed by atoms with van der Waals surface area (Å²) < 4.78 is 20.6. The van der Waals surface area contributed by atoms with Gasteiger partial charge in [-0.15, -0.1) is 0 Å². The number of pyridine rings is 1. The molecule has 0 saturated heterocycles. The molecule has 0 spiro atoms. The van der Waals surface area contributed by atoms with Gasteiger partial charge in [-0.3, -0.25) is 14.6 Å². The maximum atomic E-state index is 14.9. The van der Waals surface area contributed by atoms with Crippen LogP contribution in [0.5, 0.6) is 11.5 Å². The quantitative estimate of drug-likeness (QED) is 0.253. The van der Waals surface area contributed by atoms with E-state index in [1.165, 1.54) is 36.5 Å². The number of hydrogen-bond donors (Lipinski definition) is 3. The van der Waals surface area contributed by atoms with Crippen molar-refractivity contribution >= 4 is 23.2 Å². The molecule has 2 heterocycles. The number of benzene rings is 2. The summed E-state index contributed by atoms with van der Waals surface area (Å²) in [6.07, 6.45) is 6.22. The van der Waals surface area contributed by atoms with E-state index < -0.39 is 11.7 Å². The van der Waals surface area contributed by atoms with Crippen molar-refractivity contribution < 1.29 is 23.8 Å². The SMILES string of the molecule is CCC1CC(C(C)(C)C)C=C(CCC(=O)Nc2ccc(Oc3ccnc(C(N)=O)c3)cc2F)N1c1cccc(CO)c1. The Morgan fingerprint density at radius 1 is 1.14 bits per heavy atom. The maximum Gasteiger partial charge on any atom is 0.267 e. The maximum absolute atomic E-state index is 14.9. The van der Waals surface area contributed by atoms with Crippen LogP contribution in [0.2, 0.25) is 0 Å². The van der Waals surface area contributed by atoms with Gasteiger partial charge in [-0.05, 0) is 66.5 Å². The summed E-state index contributed by atoms with van der Waals surface area (Å²) in [4.78, 5) is 30.5. The first-order valence-corrected chi connectivity index (χ1v) is 14.2. The van der Waals surface area contributed by atoms with Gasteiger partial charge >= 0.3 is 0 Å². The molecule has 1 aliphatic rings. The van der Waals surface area contributed by atoms with Crippen LogP contribution in [0, 0.1) is 17.2 Å². The predicted octanol–water partition coefficient (Wildman–Crippen LogP) is 6.56. The molecule has 2 unspecified atom stereocenters. The number of aliphatic hydroxyl groups is 1. The van der Waals surface area contributed by atoms with Crippen LogP contribution in [0.25, 0.3) is 0 Å². The van der Waals surface area contributed by atoms with E-state index in [0.717, 1.165) is 29.8 Å². The number of halogens is 1. The molecule has 0 saturated carbocycles. The van der Waals surface area contributed by atoms with Crippen molar-refractivity contribution in [1.29, 1.82) is 0 Å². The third-order valence-electron chi connectivity index (χ3n) is 7.59. The van der Waals surface area contributed by atoms with Gasteiger partial charge in [0.05, 0.1) is 12.3 Å². The van der Waals surface area contributed by atoms with Gasteiger partial charge in [0.15, 0.2) is 0 Å². The predicted molar refractivity (Wildman–Crippen MR) is 162 cm³/mol. The van der Waals surface area contributed by atoms with Crippen LogP contribution in [0.1, 0.15) is 69.4 Å². The van der Waals surface area contributed by atoms with Crippen LogP contribution in [-0.2, 0) is 11.4 Å². The van der Waals surface area contributed by atoms with Gasteiger partial charge in [0.2, 0.25) is 5.91 Å². The summed E-state index contributed by atoms with van der Waals surface area (Å²) in [5.74, 6) is -0.846. The van der Waals surface area contributed by atoms with Crippen LogP contribution in [0.3, 0.4) is 0 Å². The first-order valence-electron chi connectivity index (χ1n) is 14.2. The van der Waals surface area contributed by atoms with Gasteiger partial charge in [0.25, 0.3) is 5.91 Å². The summed E-state index contributed by atoms with van der Waals surface area (Å²) in [6, 6.07) is 15.1. The molecule has 4 N–H and O–H groups in total. The van der Waals surface area contributed by atoms with Gasteiger partial charge in [-0.25, -0.2) is 4.39 Å². The van der Waals surface area contributed by atoms with Gasteiger partial charge in [-0.2, -0.15) is 0 Å². The number of primary amides is 1. The molecular formula is C33H39FN4O4. The van der Waals surface area contributed by atoms with Crippen molar-refractivity contribution in [3.8, 4) is 11.5 Å². The van der Waals surface area contributed by atoms with Crippen molar-refractivity contribution in [2.45, 2.75) is 66.0 Å². The topological polar surface area (TPSA) is 118 Å². The third-order valence-corrected chi connectivity index (χ3v) is 7.59. The highest BCUT2D eigenvalue weighted by atomic mass is 19.1. The molecule has 4 rings (SSSR count). The van der Waals surface area contributed by atoms with Crippen molar-refractivity contribution in [2.75, 3.05) is 10.2 Å². The molecule has 42 heavy (non-hydrogen) atoms. The van der Waals surface area contributed by atoms with Crippen LogP contribution in [-0.4, -0.2) is 27.9 Å². The molecule has 2 amide bonds. The lowest BCUT2D eigenvalue weighted by molar-refractivity contribution is -0.116. The molecule has 0 aliphatic carbocycles. The number of nitrogens with two attached hydrogens (primary N) is 1. The Bertz CT molecular complexity index is 1470. The van der Waals surface area contributed by atoms with Crippen molar-refractivity contribution in [2.24, 2.45) is 17.1 Å². The number of carbonyl (C=O) groups is 2. The van der Waals surface area contributed by atoms with Crippen molar-refractivity contribution in [1.82, 2.24) is 4.98 Å². The van der Waals surface area contributed by atoms with Gasteiger partial charge in [0, 0.05) is 42.2 Å². The lowest BCUT2D eigenvalue weighted by Gasteiger charge is -2.44. The number of ether oxygens (including phenoxy) is 1. The van der Waals surface area contributed by atoms with Crippen molar-refractivity contribution in [3.05, 3.63) is 89.6 Å². The molecule has 0 fully saturated rings. The van der Waals surface area contributed by atoms with Crippen LogP contribution < -0.4 is 20.7 Å². The summed E-state index contributed by atoms with van der Waals surface area (Å²) in [7, 11) is 0. The minimum absolute atomic E-state index is 0.0312. The Kier molecular flexibility index (Phi) is 9.63. The molecule has 8 nitrogen and oxygen atoms in total. The second-order valence-electron chi connectivity index (χ2n) is 11.7. The molecule has 2 atom stereocenters. The summed E-state index contributed by atoms with van der Waals surface area (Å²) in [6.45, 7) is 8.82. The number of amides is 2. The Morgan fingerprint density at radius 2 is 1.90 bits per heavy atom. The van der Waals surface area contributed by atoms with E-state index >= 15 is 0 Å². The molecule has 0 radical (unpaired) electrons. The van der Waals surface area contributed by atoms with E-state index in [-0.39, 0.29) is 53.3 Å². The highest BCUT2D eigenvalue weighted by molar-refractivity contribution is 5.91. The Hall–Kier alpha value is -4.24. The van der Waals surface area contributed by atoms with E-state index in [1.54, 1.807) is 0 Å². The zero-order chi connectivity index (χ0) is 30.4. The molecule has 9 heteroatoms. The highest BCUT2D eigenvalue weighted by Gasteiger charge is 2.34. The molecule has 1 aromatic heterocycles. The molecular weight excluding hydrogens is 535 g/mol. The third kappa shape index (κ3) is 7.53. The first-order chi connectivity index (χ1) is 20.0. The fraction of sp³-hybridized carbons (Fsp3) is 0.364. The van der Waals surface area contributed by atoms with E-state index in [9.17, 15) is 19.1 Å². The number of nitrogens with one attached hydrogen (secondary N) is 1. The number of aliphatic hydroxyl groups excluding tert-OH is 1. The summed E-state index contributed by atoms with van der Waals surface area (Å²) in [5, 5.41) is 12.4. The Morgan fingerprint density at radius 3 is 2.57 bits per heavy atom. The molecule has 0 bridgehead atoms. The second kappa shape index (κ2) is 13.2. The van der Waals surface area contributed by atoms with Gasteiger partial charge in [-0.1, -0.05) is 45.9 Å². The number of hydrogen-bond acceptors (Lipinski definition) is 6. The summed E-state index contributed by atoms with van der Waals surface area (Å²) >= 11 is 0. The monoisotopic (exact) mass is 574 g/mol. The van der Waals surface area contributed by atoms with E-state index in [1.807, 2.05) is 24.3 Å². The minimum Gasteiger partial charge on any atom is -0.457 e. The Balaban J connectivity index is 1.48. The average molecular weight is 575 g/mol. The highest BCUT2D eigenvalue weighted by Crippen LogP contribution is 2.41. The standard InChI is InChI=1S/C33H39FN4O4/c1-5-23-16-22(33(2,3)4)17-25(38(23)24-8-6-7-21(15-24)20-39)9-12-31(40)37-29-11-10-26(18-28(29)34)42-27-13-14-36-30(19-27)32(35)41/h6-8,10-11,13-15,17-19,22-23,39H,5,9,12,16,20H2,1-4H3,(H2,35,41)(H,37,40). The van der Waals surface area contributed by atoms with Gasteiger partial charge in [0.1, 0.15) is 23.0 Å². The van der Waals surface area contributed by atoms with Crippen LogP contribution >= 0.6 is 0 Å². The molecule has 3 aromatic rings. The largest absolute Gasteiger partial charge is 0.457 e. The van der Waals surface area contributed by atoms with Crippen LogP contribution in [0.15, 0.2) is 72.6 Å². The van der Waals surface area contributed by atoms with E-state index in [0.29, 0.717) is 12.3 Å². The zero-order valence-corrected chi connectivity index (χ0v) is 24.6. The van der Waals surface area contributed by atoms with E-state index in [4.69, 9.17) is 10.5 Å². The molecule has 2 aromatic carbocycles. The molecule has 222 valence electrons. The van der Waals surface area contributed by atoms with Crippen LogP contribution in [0.4, 0.5) is 15.8 Å². The average Bonchev–Trinajstić information content (AvgIpc) is 2.96. The number of rotatable bonds is 10. The smallest absolute Gasteiger partial charge is 0.267 e. The summed E-state index contributed by atoms with van der Waals surface area (Å²) in [5.41, 5.74) is 8.27. The minimum atomic E-state index is -0.699. The van der Waals surface area contributed by atoms with Crippen molar-refractivity contribution in [3.63, 3.8) is 0 Å². The fourth-order valence-electron chi connectivity index (χ4n) is 5.21. The lowest BCUT2D eigenvalue weighted by Crippen LogP contribution is -2.42. The normalized spacial score (nSPS) is 17.0. The zero-order valence-electron chi connectivity index (χ0n) is 24.6. The number of allylic oxidation sites excluding steroid dienone is 2. The number of anilines is 2. The molecule has 1 aliphatic heterocycles. The first kappa shape index (κ1) is 30.7. The number of nitrogens with zero attached hydrogens (tertiary/aromatic N) is 2. The van der Waals surface area contributed by atoms with Gasteiger partial charge < -0.3 is 25.8 Å². The number of aromatic nitrogens is 1. The Labute approximate surface area is 246 Å². The van der Waals surface area contributed by atoms with E-state index in [2.05, 4.69) is 49.0 Å². The second-order valence-corrected chi connectivity index (χ2v) is 11.7. The lowest BCUT2D eigenvalue weighted by atomic mass is 9.74. The number of carbonyl (C=O) groups excluding carboxylic acids is 2.